The van der Waals surface area contributed by atoms with E-state index in [0.717, 1.165) is 5.92 Å². The molecule has 94 valence electrons. The van der Waals surface area contributed by atoms with Gasteiger partial charge in [0.05, 0.1) is 0 Å². The highest BCUT2D eigenvalue weighted by Crippen LogP contribution is 2.39. The van der Waals surface area contributed by atoms with Crippen LogP contribution in [0.4, 0.5) is 0 Å². The predicted molar refractivity (Wildman–Crippen MR) is 73.8 cm³/mol. The van der Waals surface area contributed by atoms with Gasteiger partial charge in [0.2, 0.25) is 0 Å². The normalized spacial score (nSPS) is 28.7. The molecule has 0 saturated heterocycles. The first kappa shape index (κ1) is 12.6. The van der Waals surface area contributed by atoms with Crippen molar-refractivity contribution in [1.82, 2.24) is 0 Å². The van der Waals surface area contributed by atoms with Crippen LogP contribution in [0.15, 0.2) is 24.3 Å². The summed E-state index contributed by atoms with van der Waals surface area (Å²) in [5.74, 6) is 1.53. The highest BCUT2D eigenvalue weighted by molar-refractivity contribution is 5.32. The summed E-state index contributed by atoms with van der Waals surface area (Å²) in [4.78, 5) is 0. The van der Waals surface area contributed by atoms with Crippen LogP contribution in [0.3, 0.4) is 0 Å². The van der Waals surface area contributed by atoms with Gasteiger partial charge in [0.15, 0.2) is 0 Å². The molecule has 0 amide bonds. The second kappa shape index (κ2) is 4.81. The van der Waals surface area contributed by atoms with E-state index in [-0.39, 0.29) is 5.54 Å². The van der Waals surface area contributed by atoms with Crippen LogP contribution in [-0.2, 0) is 5.54 Å². The van der Waals surface area contributed by atoms with Crippen molar-refractivity contribution in [3.05, 3.63) is 35.4 Å². The summed E-state index contributed by atoms with van der Waals surface area (Å²) >= 11 is 0. The summed E-state index contributed by atoms with van der Waals surface area (Å²) in [6.45, 7) is 6.75. The Balaban J connectivity index is 2.21. The summed E-state index contributed by atoms with van der Waals surface area (Å²) in [6, 6.07) is 8.58. The molecule has 0 radical (unpaired) electrons. The lowest BCUT2D eigenvalue weighted by molar-refractivity contribution is 0.192. The minimum absolute atomic E-state index is 0.161. The maximum atomic E-state index is 6.66. The average Bonchev–Trinajstić information content (AvgIpc) is 2.30. The van der Waals surface area contributed by atoms with Crippen molar-refractivity contribution in [2.24, 2.45) is 17.6 Å². The van der Waals surface area contributed by atoms with Crippen molar-refractivity contribution in [3.8, 4) is 0 Å². The average molecular weight is 231 g/mol. The first-order chi connectivity index (χ1) is 8.01. The molecule has 1 atom stereocenters. The molecule has 1 heteroatoms. The molecule has 0 bridgehead atoms. The molecule has 1 aromatic rings. The zero-order valence-corrected chi connectivity index (χ0v) is 11.4. The molecule has 2 rings (SSSR count). The number of hydrogen-bond acceptors (Lipinski definition) is 1. The lowest BCUT2D eigenvalue weighted by Crippen LogP contribution is -2.43. The fourth-order valence-electron chi connectivity index (χ4n) is 3.26. The molecular weight excluding hydrogens is 206 g/mol. The fraction of sp³-hybridized carbons (Fsp3) is 0.625. The van der Waals surface area contributed by atoms with Crippen molar-refractivity contribution in [3.63, 3.8) is 0 Å². The fourth-order valence-corrected chi connectivity index (χ4v) is 3.26. The molecule has 0 heterocycles. The monoisotopic (exact) mass is 231 g/mol. The summed E-state index contributed by atoms with van der Waals surface area (Å²) < 4.78 is 0. The van der Waals surface area contributed by atoms with E-state index in [1.54, 1.807) is 0 Å². The van der Waals surface area contributed by atoms with Crippen LogP contribution < -0.4 is 5.73 Å². The smallest absolute Gasteiger partial charge is 0.0412 e. The van der Waals surface area contributed by atoms with Gasteiger partial charge in [0.25, 0.3) is 0 Å². The Labute approximate surface area is 105 Å². The van der Waals surface area contributed by atoms with Gasteiger partial charge < -0.3 is 5.73 Å². The van der Waals surface area contributed by atoms with Crippen molar-refractivity contribution < 1.29 is 0 Å². The number of rotatable bonds is 2. The standard InChI is InChI=1S/C16H25N/c1-12-8-10-14(11-9-12)16(3,17)15-7-5-4-6-13(15)2/h4-7,12,14H,8-11,17H2,1-3H3. The maximum absolute atomic E-state index is 6.66. The lowest BCUT2D eigenvalue weighted by Gasteiger charge is -2.39. The van der Waals surface area contributed by atoms with E-state index in [1.165, 1.54) is 36.8 Å². The zero-order valence-electron chi connectivity index (χ0n) is 11.4. The summed E-state index contributed by atoms with van der Waals surface area (Å²) in [7, 11) is 0. The Morgan fingerprint density at radius 2 is 1.71 bits per heavy atom. The Kier molecular flexibility index (Phi) is 3.58. The van der Waals surface area contributed by atoms with Gasteiger partial charge in [-0.2, -0.15) is 0 Å². The first-order valence-corrected chi connectivity index (χ1v) is 6.87. The lowest BCUT2D eigenvalue weighted by atomic mass is 9.70. The topological polar surface area (TPSA) is 26.0 Å². The molecule has 1 aliphatic rings. The van der Waals surface area contributed by atoms with Gasteiger partial charge in [-0.25, -0.2) is 0 Å². The Morgan fingerprint density at radius 1 is 1.12 bits per heavy atom. The molecular formula is C16H25N. The third kappa shape index (κ3) is 2.55. The summed E-state index contributed by atoms with van der Waals surface area (Å²) in [5, 5.41) is 0. The molecule has 2 N–H and O–H groups in total. The maximum Gasteiger partial charge on any atom is 0.0412 e. The van der Waals surface area contributed by atoms with E-state index in [9.17, 15) is 0 Å². The second-order valence-corrected chi connectivity index (χ2v) is 6.05. The van der Waals surface area contributed by atoms with Crippen LogP contribution in [0.25, 0.3) is 0 Å². The van der Waals surface area contributed by atoms with Crippen molar-refractivity contribution >= 4 is 0 Å². The van der Waals surface area contributed by atoms with Crippen LogP contribution in [-0.4, -0.2) is 0 Å². The molecule has 1 saturated carbocycles. The highest BCUT2D eigenvalue weighted by atomic mass is 14.8. The molecule has 0 spiro atoms. The number of nitrogens with two attached hydrogens (primary N) is 1. The summed E-state index contributed by atoms with van der Waals surface area (Å²) in [5.41, 5.74) is 9.16. The van der Waals surface area contributed by atoms with Gasteiger partial charge in [0.1, 0.15) is 0 Å². The molecule has 1 unspecified atom stereocenters. The minimum Gasteiger partial charge on any atom is -0.321 e. The van der Waals surface area contributed by atoms with Crippen LogP contribution in [0.2, 0.25) is 0 Å². The minimum atomic E-state index is -0.161. The van der Waals surface area contributed by atoms with Crippen LogP contribution in [0, 0.1) is 18.8 Å². The Morgan fingerprint density at radius 3 is 2.29 bits per heavy atom. The molecule has 0 aromatic heterocycles. The molecule has 1 aliphatic carbocycles. The zero-order chi connectivity index (χ0) is 12.5. The molecule has 1 fully saturated rings. The highest BCUT2D eigenvalue weighted by Gasteiger charge is 2.34. The van der Waals surface area contributed by atoms with E-state index in [1.807, 2.05) is 0 Å². The van der Waals surface area contributed by atoms with Gasteiger partial charge >= 0.3 is 0 Å². The Bertz CT molecular complexity index is 373. The molecule has 1 aromatic carbocycles. The second-order valence-electron chi connectivity index (χ2n) is 6.05. The van der Waals surface area contributed by atoms with E-state index in [2.05, 4.69) is 45.0 Å². The van der Waals surface area contributed by atoms with Crippen LogP contribution >= 0.6 is 0 Å². The van der Waals surface area contributed by atoms with Gasteiger partial charge in [-0.1, -0.05) is 44.0 Å². The van der Waals surface area contributed by atoms with Crippen LogP contribution in [0.5, 0.6) is 0 Å². The number of aryl methyl sites for hydroxylation is 1. The SMILES string of the molecule is Cc1ccccc1C(C)(N)C1CCC(C)CC1. The van der Waals surface area contributed by atoms with Gasteiger partial charge in [-0.3, -0.25) is 0 Å². The van der Waals surface area contributed by atoms with E-state index in [0.29, 0.717) is 5.92 Å². The van der Waals surface area contributed by atoms with E-state index >= 15 is 0 Å². The largest absolute Gasteiger partial charge is 0.321 e. The predicted octanol–water partition coefficient (Wildman–Crippen LogP) is 4.00. The van der Waals surface area contributed by atoms with Crippen LogP contribution in [0.1, 0.15) is 50.7 Å². The van der Waals surface area contributed by atoms with Gasteiger partial charge in [-0.15, -0.1) is 0 Å². The van der Waals surface area contributed by atoms with Crippen molar-refractivity contribution in [2.75, 3.05) is 0 Å². The van der Waals surface area contributed by atoms with E-state index < -0.39 is 0 Å². The Hall–Kier alpha value is -0.820. The van der Waals surface area contributed by atoms with Crippen molar-refractivity contribution in [2.45, 2.75) is 52.0 Å². The molecule has 0 aliphatic heterocycles. The molecule has 1 nitrogen and oxygen atoms in total. The third-order valence-electron chi connectivity index (χ3n) is 4.59. The molecule has 17 heavy (non-hydrogen) atoms. The van der Waals surface area contributed by atoms with Crippen molar-refractivity contribution in [1.29, 1.82) is 0 Å². The quantitative estimate of drug-likeness (QED) is 0.818. The van der Waals surface area contributed by atoms with Gasteiger partial charge in [0, 0.05) is 5.54 Å². The third-order valence-corrected chi connectivity index (χ3v) is 4.59. The van der Waals surface area contributed by atoms with Gasteiger partial charge in [-0.05, 0) is 49.7 Å². The first-order valence-electron chi connectivity index (χ1n) is 6.87. The number of hydrogen-bond donors (Lipinski definition) is 1. The van der Waals surface area contributed by atoms with E-state index in [4.69, 9.17) is 5.73 Å². The summed E-state index contributed by atoms with van der Waals surface area (Å²) in [6.07, 6.45) is 5.23. The number of benzene rings is 1.